The highest BCUT2D eigenvalue weighted by atomic mass is 16.5. The van der Waals surface area contributed by atoms with E-state index in [4.69, 9.17) is 18.9 Å². The van der Waals surface area contributed by atoms with Gasteiger partial charge in [0.1, 0.15) is 6.04 Å². The van der Waals surface area contributed by atoms with Gasteiger partial charge in [0.05, 0.1) is 46.1 Å². The van der Waals surface area contributed by atoms with Gasteiger partial charge in [0.2, 0.25) is 0 Å². The first-order valence-corrected chi connectivity index (χ1v) is 10.5. The van der Waals surface area contributed by atoms with Gasteiger partial charge in [-0.3, -0.25) is 29.0 Å². The zero-order valence-electron chi connectivity index (χ0n) is 19.1. The van der Waals surface area contributed by atoms with Crippen molar-refractivity contribution in [2.24, 2.45) is 0 Å². The van der Waals surface area contributed by atoms with Gasteiger partial charge in [-0.1, -0.05) is 6.08 Å². The van der Waals surface area contributed by atoms with E-state index in [2.05, 4.69) is 6.58 Å². The molecule has 0 fully saturated rings. The Kier molecular flexibility index (Phi) is 15.9. The lowest BCUT2D eigenvalue weighted by molar-refractivity contribution is -0.154. The molecule has 0 aliphatic carbocycles. The van der Waals surface area contributed by atoms with E-state index in [9.17, 15) is 19.2 Å². The molecular weight excluding hydrogens is 408 g/mol. The zero-order chi connectivity index (χ0) is 23.6. The summed E-state index contributed by atoms with van der Waals surface area (Å²) in [6.45, 7) is 11.2. The average molecular weight is 445 g/mol. The van der Waals surface area contributed by atoms with Crippen LogP contribution in [-0.2, 0) is 38.1 Å². The normalized spacial score (nSPS) is 11.7. The Bertz CT molecular complexity index is 562. The Balaban J connectivity index is 5.46. The fourth-order valence-electron chi connectivity index (χ4n) is 2.77. The van der Waals surface area contributed by atoms with Crippen LogP contribution in [0.4, 0.5) is 0 Å². The lowest BCUT2D eigenvalue weighted by atomic mass is 10.1. The van der Waals surface area contributed by atoms with Crippen molar-refractivity contribution in [3.05, 3.63) is 12.7 Å². The molecule has 1 atom stereocenters. The molecule has 0 aliphatic rings. The first-order chi connectivity index (χ1) is 14.8. The molecule has 0 saturated heterocycles. The van der Waals surface area contributed by atoms with E-state index in [1.54, 1.807) is 43.6 Å². The number of nitrogens with zero attached hydrogens (tertiary/aromatic N) is 2. The Hall–Kier alpha value is -2.46. The molecule has 0 amide bonds. The highest BCUT2D eigenvalue weighted by Gasteiger charge is 2.29. The number of ether oxygens (including phenoxy) is 4. The van der Waals surface area contributed by atoms with Gasteiger partial charge in [-0.25, -0.2) is 0 Å². The minimum Gasteiger partial charge on any atom is -0.465 e. The highest BCUT2D eigenvalue weighted by Crippen LogP contribution is 2.09. The molecule has 0 aromatic carbocycles. The molecule has 10 heteroatoms. The fraction of sp³-hybridized carbons (Fsp3) is 0.714. The van der Waals surface area contributed by atoms with E-state index < -0.39 is 29.9 Å². The molecule has 0 radical (unpaired) electrons. The summed E-state index contributed by atoms with van der Waals surface area (Å²) in [5, 5.41) is 0. The lowest BCUT2D eigenvalue weighted by Crippen LogP contribution is -2.49. The molecule has 0 N–H and O–H groups in total. The maximum Gasteiger partial charge on any atom is 0.323 e. The number of carbonyl (C=O) groups excluding carboxylic acids is 4. The Morgan fingerprint density at radius 3 is 1.61 bits per heavy atom. The summed E-state index contributed by atoms with van der Waals surface area (Å²) < 4.78 is 20.1. The summed E-state index contributed by atoms with van der Waals surface area (Å²) in [6.07, 6.45) is 1.82. The summed E-state index contributed by atoms with van der Waals surface area (Å²) in [7, 11) is 0. The van der Waals surface area contributed by atoms with E-state index in [1.165, 1.54) is 0 Å². The van der Waals surface area contributed by atoms with Gasteiger partial charge < -0.3 is 18.9 Å². The molecule has 0 bridgehead atoms. The smallest absolute Gasteiger partial charge is 0.323 e. The molecule has 1 unspecified atom stereocenters. The van der Waals surface area contributed by atoms with E-state index >= 15 is 0 Å². The van der Waals surface area contributed by atoms with Gasteiger partial charge in [-0.2, -0.15) is 0 Å². The van der Waals surface area contributed by atoms with Crippen molar-refractivity contribution in [2.75, 3.05) is 59.2 Å². The van der Waals surface area contributed by atoms with Gasteiger partial charge >= 0.3 is 23.9 Å². The van der Waals surface area contributed by atoms with Gasteiger partial charge in [0.25, 0.3) is 0 Å². The summed E-state index contributed by atoms with van der Waals surface area (Å²) >= 11 is 0. The molecule has 0 spiro atoms. The van der Waals surface area contributed by atoms with Crippen molar-refractivity contribution in [1.29, 1.82) is 0 Å². The molecule has 0 aliphatic heterocycles. The zero-order valence-corrected chi connectivity index (χ0v) is 19.1. The second-order valence-electron chi connectivity index (χ2n) is 6.39. The quantitative estimate of drug-likeness (QED) is 0.181. The summed E-state index contributed by atoms with van der Waals surface area (Å²) in [4.78, 5) is 51.6. The van der Waals surface area contributed by atoms with Crippen molar-refractivity contribution in [2.45, 2.75) is 40.2 Å². The summed E-state index contributed by atoms with van der Waals surface area (Å²) in [5.74, 6) is -1.97. The standard InChI is InChI=1S/C21H36N2O8/c1-6-11-17(21(27)31-10-5)23(16-20(26)30-9-4)13-12-22(14-18(24)28-7-2)15-19(25)29-8-3/h6,17H,1,7-16H2,2-5H3. The largest absolute Gasteiger partial charge is 0.465 e. The topological polar surface area (TPSA) is 112 Å². The SMILES string of the molecule is C=CCC(C(=O)OCC)N(CCN(CC(=O)OCC)CC(=O)OCC)CC(=O)OCC. The van der Waals surface area contributed by atoms with Crippen LogP contribution >= 0.6 is 0 Å². The third-order valence-electron chi connectivity index (χ3n) is 4.05. The second-order valence-corrected chi connectivity index (χ2v) is 6.39. The van der Waals surface area contributed by atoms with Gasteiger partial charge in [-0.05, 0) is 34.1 Å². The number of hydrogen-bond acceptors (Lipinski definition) is 10. The molecule has 0 saturated carbocycles. The Morgan fingerprint density at radius 1 is 0.742 bits per heavy atom. The first-order valence-electron chi connectivity index (χ1n) is 10.5. The molecular formula is C21H36N2O8. The number of esters is 4. The number of carbonyl (C=O) groups is 4. The monoisotopic (exact) mass is 444 g/mol. The van der Waals surface area contributed by atoms with Crippen LogP contribution in [0.5, 0.6) is 0 Å². The van der Waals surface area contributed by atoms with E-state index in [0.717, 1.165) is 0 Å². The highest BCUT2D eigenvalue weighted by molar-refractivity contribution is 5.78. The molecule has 0 heterocycles. The van der Waals surface area contributed by atoms with Crippen LogP contribution in [0, 0.1) is 0 Å². The van der Waals surface area contributed by atoms with Crippen LogP contribution in [0.2, 0.25) is 0 Å². The van der Waals surface area contributed by atoms with Crippen molar-refractivity contribution in [1.82, 2.24) is 9.80 Å². The average Bonchev–Trinajstić information content (AvgIpc) is 2.70. The summed E-state index contributed by atoms with van der Waals surface area (Å²) in [5.41, 5.74) is 0. The molecule has 31 heavy (non-hydrogen) atoms. The van der Waals surface area contributed by atoms with Crippen LogP contribution in [0.3, 0.4) is 0 Å². The van der Waals surface area contributed by atoms with Crippen LogP contribution in [0.1, 0.15) is 34.1 Å². The van der Waals surface area contributed by atoms with E-state index in [1.807, 2.05) is 0 Å². The number of rotatable bonds is 17. The number of hydrogen-bond donors (Lipinski definition) is 0. The maximum atomic E-state index is 12.5. The van der Waals surface area contributed by atoms with Crippen LogP contribution in [0.15, 0.2) is 12.7 Å². The molecule has 0 aromatic rings. The van der Waals surface area contributed by atoms with Crippen molar-refractivity contribution in [3.8, 4) is 0 Å². The Labute approximate surface area is 184 Å². The van der Waals surface area contributed by atoms with Crippen molar-refractivity contribution >= 4 is 23.9 Å². The van der Waals surface area contributed by atoms with E-state index in [-0.39, 0.29) is 65.6 Å². The second kappa shape index (κ2) is 17.2. The van der Waals surface area contributed by atoms with Crippen molar-refractivity contribution < 1.29 is 38.1 Å². The molecule has 0 aromatic heterocycles. The third kappa shape index (κ3) is 12.7. The maximum absolute atomic E-state index is 12.5. The van der Waals surface area contributed by atoms with Crippen LogP contribution in [-0.4, -0.2) is 98.9 Å². The Morgan fingerprint density at radius 2 is 1.19 bits per heavy atom. The predicted octanol–water partition coefficient (Wildman–Crippen LogP) is 0.788. The van der Waals surface area contributed by atoms with E-state index in [0.29, 0.717) is 0 Å². The lowest BCUT2D eigenvalue weighted by Gasteiger charge is -2.30. The van der Waals surface area contributed by atoms with Gasteiger partial charge in [0, 0.05) is 13.1 Å². The van der Waals surface area contributed by atoms with Gasteiger partial charge in [-0.15, -0.1) is 6.58 Å². The molecule has 0 rings (SSSR count). The first kappa shape index (κ1) is 28.5. The molecule has 178 valence electrons. The van der Waals surface area contributed by atoms with Crippen molar-refractivity contribution in [3.63, 3.8) is 0 Å². The fourth-order valence-corrected chi connectivity index (χ4v) is 2.77. The minimum atomic E-state index is -0.756. The summed E-state index contributed by atoms with van der Waals surface area (Å²) in [6, 6.07) is -0.756. The van der Waals surface area contributed by atoms with Gasteiger partial charge in [0.15, 0.2) is 0 Å². The van der Waals surface area contributed by atoms with Crippen LogP contribution < -0.4 is 0 Å². The predicted molar refractivity (Wildman–Crippen MR) is 113 cm³/mol. The minimum absolute atomic E-state index is 0.133. The van der Waals surface area contributed by atoms with Crippen LogP contribution in [0.25, 0.3) is 0 Å². The third-order valence-corrected chi connectivity index (χ3v) is 4.05. The molecule has 10 nitrogen and oxygen atoms in total.